The predicted octanol–water partition coefficient (Wildman–Crippen LogP) is 5.74. The van der Waals surface area contributed by atoms with Gasteiger partial charge in [-0.1, -0.05) is 6.07 Å². The van der Waals surface area contributed by atoms with Crippen LogP contribution in [0.25, 0.3) is 0 Å². The molecule has 1 aromatic heterocycles. The molecule has 1 amide bonds. The number of amidine groups is 1. The van der Waals surface area contributed by atoms with Gasteiger partial charge in [0, 0.05) is 36.3 Å². The van der Waals surface area contributed by atoms with Crippen molar-refractivity contribution in [1.82, 2.24) is 15.2 Å². The number of hydrogen-bond acceptors (Lipinski definition) is 8. The summed E-state index contributed by atoms with van der Waals surface area (Å²) in [5, 5.41) is 5.68. The van der Waals surface area contributed by atoms with E-state index in [2.05, 4.69) is 26.2 Å². The number of likely N-dealkylation sites (tertiary alicyclic amines) is 1. The summed E-state index contributed by atoms with van der Waals surface area (Å²) in [6.07, 6.45) is 2.33. The average molecular weight is 612 g/mol. The molecule has 0 aliphatic carbocycles. The van der Waals surface area contributed by atoms with Crippen molar-refractivity contribution in [3.05, 3.63) is 61.7 Å². The van der Waals surface area contributed by atoms with Crippen LogP contribution >= 0.6 is 27.3 Å². The van der Waals surface area contributed by atoms with Crippen molar-refractivity contribution >= 4 is 45.2 Å². The molecule has 0 radical (unpaired) electrons. The Morgan fingerprint density at radius 3 is 2.55 bits per heavy atom. The Bertz CT molecular complexity index is 1270. The number of esters is 1. The second-order valence-electron chi connectivity index (χ2n) is 9.90. The molecule has 204 valence electrons. The van der Waals surface area contributed by atoms with E-state index in [1.807, 2.05) is 20.8 Å². The number of nitrogens with zero attached hydrogens (tertiary/aromatic N) is 3. The van der Waals surface area contributed by atoms with Gasteiger partial charge in [0.25, 0.3) is 0 Å². The average Bonchev–Trinajstić information content (AvgIpc) is 3.41. The van der Waals surface area contributed by atoms with Crippen LogP contribution in [-0.4, -0.2) is 53.1 Å². The molecule has 8 nitrogen and oxygen atoms in total. The Hall–Kier alpha value is -2.86. The number of amides is 1. The molecule has 0 saturated carbocycles. The number of aliphatic imine (C=N–C) groups is 1. The van der Waals surface area contributed by atoms with Crippen LogP contribution in [0.3, 0.4) is 0 Å². The first kappa shape index (κ1) is 28.2. The fourth-order valence-electron chi connectivity index (χ4n) is 4.42. The lowest BCUT2D eigenvalue weighted by molar-refractivity contribution is -0.139. The van der Waals surface area contributed by atoms with E-state index in [0.717, 1.165) is 6.07 Å². The molecule has 0 bridgehead atoms. The molecule has 3 heterocycles. The molecule has 12 heteroatoms. The van der Waals surface area contributed by atoms with Gasteiger partial charge in [0.05, 0.1) is 16.7 Å². The van der Waals surface area contributed by atoms with Crippen LogP contribution in [0.2, 0.25) is 0 Å². The summed E-state index contributed by atoms with van der Waals surface area (Å²) < 4.78 is 39.4. The Labute approximate surface area is 232 Å². The third kappa shape index (κ3) is 6.06. The molecule has 1 unspecified atom stereocenters. The summed E-state index contributed by atoms with van der Waals surface area (Å²) in [4.78, 5) is 36.7. The van der Waals surface area contributed by atoms with Crippen molar-refractivity contribution in [2.45, 2.75) is 52.2 Å². The van der Waals surface area contributed by atoms with Crippen LogP contribution in [0.15, 0.2) is 44.4 Å². The monoisotopic (exact) mass is 610 g/mol. The van der Waals surface area contributed by atoms with Crippen LogP contribution in [0.1, 0.15) is 57.1 Å². The van der Waals surface area contributed by atoms with Crippen molar-refractivity contribution in [1.29, 1.82) is 0 Å². The third-order valence-electron chi connectivity index (χ3n) is 6.12. The quantitative estimate of drug-likeness (QED) is 0.343. The minimum absolute atomic E-state index is 0.118. The second kappa shape index (κ2) is 11.5. The van der Waals surface area contributed by atoms with Gasteiger partial charge in [-0.2, -0.15) is 0 Å². The first-order chi connectivity index (χ1) is 18.0. The molecular formula is C26H29BrF2N4O4S. The third-order valence-corrected chi connectivity index (χ3v) is 7.71. The van der Waals surface area contributed by atoms with Crippen LogP contribution in [0.4, 0.5) is 13.6 Å². The number of nitrogens with one attached hydrogen (secondary N) is 1. The van der Waals surface area contributed by atoms with Gasteiger partial charge in [0.15, 0.2) is 22.5 Å². The molecule has 0 spiro atoms. The van der Waals surface area contributed by atoms with E-state index in [1.165, 1.54) is 17.4 Å². The molecular weight excluding hydrogens is 582 g/mol. The van der Waals surface area contributed by atoms with Crippen molar-refractivity contribution in [3.8, 4) is 0 Å². The van der Waals surface area contributed by atoms with Gasteiger partial charge < -0.3 is 19.7 Å². The molecule has 38 heavy (non-hydrogen) atoms. The molecule has 2 aliphatic heterocycles. The second-order valence-corrected chi connectivity index (χ2v) is 11.6. The Kier molecular flexibility index (Phi) is 8.51. The summed E-state index contributed by atoms with van der Waals surface area (Å²) in [6.45, 7) is 8.11. The zero-order valence-corrected chi connectivity index (χ0v) is 23.9. The number of carbonyl (C=O) groups excluding carboxylic acids is 2. The standard InChI is InChI=1S/C26H29BrF2N4O4S/c1-5-36-24(34)17-20(14-8-11-33(12-9-14)25(35)37-26(2,3)4)31-22(23-30-10-13-38-23)32-21(17)15-6-7-16(28)19(29)18(15)27/h6-7,10,13-14,21H,5,8-9,11-12H2,1-4H3,(H,31,32). The lowest BCUT2D eigenvalue weighted by atomic mass is 9.85. The van der Waals surface area contributed by atoms with E-state index in [9.17, 15) is 18.4 Å². The molecule has 4 rings (SSSR count). The van der Waals surface area contributed by atoms with Gasteiger partial charge in [0.2, 0.25) is 0 Å². The summed E-state index contributed by atoms with van der Waals surface area (Å²) >= 11 is 4.52. The molecule has 1 fully saturated rings. The van der Waals surface area contributed by atoms with Crippen LogP contribution in [0, 0.1) is 17.6 Å². The maximum atomic E-state index is 14.6. The zero-order chi connectivity index (χ0) is 27.6. The minimum Gasteiger partial charge on any atom is -0.463 e. The SMILES string of the molecule is CCOC(=O)C1=C(C2CCN(C(=O)OC(C)(C)C)CC2)NC(c2nccs2)=NC1c1ccc(F)c(F)c1Br. The molecule has 1 atom stereocenters. The van der Waals surface area contributed by atoms with Crippen molar-refractivity contribution in [2.75, 3.05) is 19.7 Å². The van der Waals surface area contributed by atoms with E-state index in [-0.39, 0.29) is 34.2 Å². The normalized spacial score (nSPS) is 18.7. The van der Waals surface area contributed by atoms with Crippen molar-refractivity contribution in [3.63, 3.8) is 0 Å². The van der Waals surface area contributed by atoms with Crippen LogP contribution < -0.4 is 5.32 Å². The highest BCUT2D eigenvalue weighted by Gasteiger charge is 2.39. The van der Waals surface area contributed by atoms with Gasteiger partial charge in [-0.05, 0) is 68.1 Å². The van der Waals surface area contributed by atoms with Gasteiger partial charge in [-0.3, -0.25) is 4.99 Å². The molecule has 2 aliphatic rings. The summed E-state index contributed by atoms with van der Waals surface area (Å²) in [6, 6.07) is 1.44. The van der Waals surface area contributed by atoms with E-state index in [4.69, 9.17) is 14.5 Å². The number of hydrogen-bond donors (Lipinski definition) is 1. The number of carbonyl (C=O) groups is 2. The van der Waals surface area contributed by atoms with E-state index < -0.39 is 29.2 Å². The number of piperidine rings is 1. The summed E-state index contributed by atoms with van der Waals surface area (Å²) in [7, 11) is 0. The smallest absolute Gasteiger partial charge is 0.410 e. The molecule has 1 aromatic carbocycles. The van der Waals surface area contributed by atoms with Crippen LogP contribution in [-0.2, 0) is 14.3 Å². The van der Waals surface area contributed by atoms with Crippen LogP contribution in [0.5, 0.6) is 0 Å². The zero-order valence-electron chi connectivity index (χ0n) is 21.5. The Morgan fingerprint density at radius 2 is 1.95 bits per heavy atom. The fourth-order valence-corrected chi connectivity index (χ4v) is 5.55. The van der Waals surface area contributed by atoms with Crippen molar-refractivity contribution in [2.24, 2.45) is 10.9 Å². The minimum atomic E-state index is -1.07. The number of rotatable bonds is 5. The van der Waals surface area contributed by atoms with E-state index in [0.29, 0.717) is 42.5 Å². The first-order valence-electron chi connectivity index (χ1n) is 12.3. The van der Waals surface area contributed by atoms with E-state index >= 15 is 0 Å². The van der Waals surface area contributed by atoms with Crippen molar-refractivity contribution < 1.29 is 27.8 Å². The van der Waals surface area contributed by atoms with Gasteiger partial charge in [-0.15, -0.1) is 11.3 Å². The molecule has 1 N–H and O–H groups in total. The maximum absolute atomic E-state index is 14.6. The molecule has 1 saturated heterocycles. The number of thiazole rings is 1. The van der Waals surface area contributed by atoms with Gasteiger partial charge >= 0.3 is 12.1 Å². The van der Waals surface area contributed by atoms with E-state index in [1.54, 1.807) is 23.4 Å². The highest BCUT2D eigenvalue weighted by molar-refractivity contribution is 9.10. The lowest BCUT2D eigenvalue weighted by Crippen LogP contribution is -2.44. The first-order valence-corrected chi connectivity index (χ1v) is 13.9. The molecule has 2 aromatic rings. The topological polar surface area (TPSA) is 93.1 Å². The highest BCUT2D eigenvalue weighted by Crippen LogP contribution is 2.41. The summed E-state index contributed by atoms with van der Waals surface area (Å²) in [5.74, 6) is -2.44. The number of halogens is 3. The lowest BCUT2D eigenvalue weighted by Gasteiger charge is -2.37. The number of allylic oxidation sites excluding steroid dienone is 1. The summed E-state index contributed by atoms with van der Waals surface area (Å²) in [5.41, 5.74) is 0.470. The number of ether oxygens (including phenoxy) is 2. The Morgan fingerprint density at radius 1 is 1.24 bits per heavy atom. The Balaban J connectivity index is 1.75. The van der Waals surface area contributed by atoms with Gasteiger partial charge in [0.1, 0.15) is 11.6 Å². The predicted molar refractivity (Wildman–Crippen MR) is 143 cm³/mol. The highest BCUT2D eigenvalue weighted by atomic mass is 79.9. The number of benzene rings is 1. The fraction of sp³-hybridized carbons (Fsp3) is 0.462. The number of aromatic nitrogens is 1. The largest absolute Gasteiger partial charge is 0.463 e. The maximum Gasteiger partial charge on any atom is 0.410 e. The van der Waals surface area contributed by atoms with Gasteiger partial charge in [-0.25, -0.2) is 23.4 Å².